The van der Waals surface area contributed by atoms with Crippen molar-refractivity contribution < 1.29 is 19.2 Å². The van der Waals surface area contributed by atoms with Gasteiger partial charge in [-0.3, -0.25) is 10.1 Å². The molecule has 3 atom stereocenters. The lowest BCUT2D eigenvalue weighted by Crippen LogP contribution is -2.52. The summed E-state index contributed by atoms with van der Waals surface area (Å²) >= 11 is 3.36. The van der Waals surface area contributed by atoms with Crippen LogP contribution in [-0.4, -0.2) is 29.5 Å². The van der Waals surface area contributed by atoms with Gasteiger partial charge in [-0.2, -0.15) is 0 Å². The first-order valence-electron chi connectivity index (χ1n) is 7.84. The lowest BCUT2D eigenvalue weighted by atomic mass is 9.81. The number of anilines is 1. The Bertz CT molecular complexity index is 760. The van der Waals surface area contributed by atoms with E-state index < -0.39 is 29.4 Å². The number of fused-ring (bicyclic) bond motifs is 3. The Hall–Kier alpha value is -1.93. The van der Waals surface area contributed by atoms with Gasteiger partial charge in [0.1, 0.15) is 5.60 Å². The second kappa shape index (κ2) is 5.81. The van der Waals surface area contributed by atoms with Crippen LogP contribution in [0.15, 0.2) is 35.3 Å². The molecule has 2 heterocycles. The van der Waals surface area contributed by atoms with Crippen molar-refractivity contribution in [2.24, 2.45) is 5.92 Å². The fraction of sp³-hybridized carbons (Fsp3) is 0.471. The maximum atomic E-state index is 12.8. The molecule has 0 radical (unpaired) electrons. The lowest BCUT2D eigenvalue weighted by molar-refractivity contribution is -0.588. The molecular formula is C17H19BrN2O5. The van der Waals surface area contributed by atoms with Crippen LogP contribution >= 0.6 is 15.9 Å². The van der Waals surface area contributed by atoms with Crippen molar-refractivity contribution in [3.8, 4) is 0 Å². The first-order chi connectivity index (χ1) is 11.6. The summed E-state index contributed by atoms with van der Waals surface area (Å²) < 4.78 is 11.9. The zero-order chi connectivity index (χ0) is 18.6. The van der Waals surface area contributed by atoms with Crippen molar-refractivity contribution in [2.45, 2.75) is 38.1 Å². The number of rotatable bonds is 2. The molecule has 0 aliphatic carbocycles. The average Bonchev–Trinajstić information content (AvgIpc) is 2.98. The van der Waals surface area contributed by atoms with Gasteiger partial charge in [-0.25, -0.2) is 9.69 Å². The van der Waals surface area contributed by atoms with Gasteiger partial charge in [0.05, 0.1) is 23.8 Å². The number of ether oxygens (including phenoxy) is 2. The van der Waals surface area contributed by atoms with E-state index in [-0.39, 0.29) is 11.5 Å². The summed E-state index contributed by atoms with van der Waals surface area (Å²) in [5.41, 5.74) is -1.49. The molecule has 0 aromatic heterocycles. The zero-order valence-corrected chi connectivity index (χ0v) is 15.8. The summed E-state index contributed by atoms with van der Waals surface area (Å²) in [6.07, 6.45) is -0.231. The van der Waals surface area contributed by atoms with Gasteiger partial charge < -0.3 is 9.47 Å². The fourth-order valence-electron chi connectivity index (χ4n) is 3.48. The van der Waals surface area contributed by atoms with E-state index in [1.807, 2.05) is 0 Å². The Morgan fingerprint density at radius 3 is 2.80 bits per heavy atom. The van der Waals surface area contributed by atoms with Crippen LogP contribution < -0.4 is 4.90 Å². The quantitative estimate of drug-likeness (QED) is 0.420. The highest BCUT2D eigenvalue weighted by molar-refractivity contribution is 9.10. The maximum absolute atomic E-state index is 12.8. The van der Waals surface area contributed by atoms with Crippen LogP contribution in [0.25, 0.3) is 0 Å². The largest absolute Gasteiger partial charge is 0.443 e. The molecular weight excluding hydrogens is 392 g/mol. The summed E-state index contributed by atoms with van der Waals surface area (Å²) in [6, 6.07) is 5.06. The number of carbonyl (C=O) groups excluding carboxylic acids is 1. The van der Waals surface area contributed by atoms with Gasteiger partial charge in [-0.05, 0) is 39.0 Å². The number of carbonyl (C=O) groups is 1. The molecule has 8 heteroatoms. The fourth-order valence-corrected chi connectivity index (χ4v) is 3.84. The summed E-state index contributed by atoms with van der Waals surface area (Å²) in [4.78, 5) is 25.8. The molecule has 0 unspecified atom stereocenters. The van der Waals surface area contributed by atoms with Crippen LogP contribution in [0, 0.1) is 16.0 Å². The smallest absolute Gasteiger partial charge is 0.417 e. The predicted octanol–water partition coefficient (Wildman–Crippen LogP) is 3.83. The van der Waals surface area contributed by atoms with Gasteiger partial charge in [0, 0.05) is 9.40 Å². The van der Waals surface area contributed by atoms with Crippen molar-refractivity contribution in [3.05, 3.63) is 51.0 Å². The van der Waals surface area contributed by atoms with Gasteiger partial charge in [0.2, 0.25) is 6.23 Å². The number of halogens is 1. The molecule has 25 heavy (non-hydrogen) atoms. The van der Waals surface area contributed by atoms with E-state index in [1.54, 1.807) is 39.0 Å². The molecule has 2 aliphatic heterocycles. The lowest BCUT2D eigenvalue weighted by Gasteiger charge is -2.29. The molecule has 134 valence electrons. The number of hydrogen-bond donors (Lipinski definition) is 0. The summed E-state index contributed by atoms with van der Waals surface area (Å²) in [5, 5.41) is 12.2. The molecule has 0 N–H and O–H groups in total. The van der Waals surface area contributed by atoms with E-state index in [2.05, 4.69) is 22.5 Å². The van der Waals surface area contributed by atoms with E-state index in [9.17, 15) is 14.9 Å². The summed E-state index contributed by atoms with van der Waals surface area (Å²) in [7, 11) is 0. The van der Waals surface area contributed by atoms with Crippen molar-refractivity contribution in [3.63, 3.8) is 0 Å². The average molecular weight is 411 g/mol. The van der Waals surface area contributed by atoms with Crippen LogP contribution in [0.5, 0.6) is 0 Å². The minimum atomic E-state index is -1.60. The number of nitro groups is 1. The molecule has 1 amide bonds. The molecule has 0 spiro atoms. The van der Waals surface area contributed by atoms with E-state index in [0.29, 0.717) is 15.7 Å². The first kappa shape index (κ1) is 17.9. The van der Waals surface area contributed by atoms with Gasteiger partial charge in [0.25, 0.3) is 0 Å². The third-order valence-corrected chi connectivity index (χ3v) is 4.93. The molecule has 1 aromatic rings. The highest BCUT2D eigenvalue weighted by atomic mass is 79.9. The van der Waals surface area contributed by atoms with E-state index in [4.69, 9.17) is 9.47 Å². The van der Waals surface area contributed by atoms with Crippen molar-refractivity contribution in [1.29, 1.82) is 0 Å². The van der Waals surface area contributed by atoms with E-state index in [1.165, 1.54) is 11.0 Å². The molecule has 3 rings (SSSR count). The topological polar surface area (TPSA) is 81.9 Å². The maximum Gasteiger partial charge on any atom is 0.417 e. The molecule has 7 nitrogen and oxygen atoms in total. The van der Waals surface area contributed by atoms with Crippen molar-refractivity contribution in [1.82, 2.24) is 0 Å². The second-order valence-electron chi connectivity index (χ2n) is 7.12. The SMILES string of the molecule is C=C[C@@H]1CO[C@H]2N(C(=O)OC(C)(C)C)c3ccc(Br)cc3[C@@]12[N+](=O)[O-]. The van der Waals surface area contributed by atoms with Crippen LogP contribution in [-0.2, 0) is 15.0 Å². The second-order valence-corrected chi connectivity index (χ2v) is 8.04. The third kappa shape index (κ3) is 2.55. The highest BCUT2D eigenvalue weighted by Gasteiger charge is 2.71. The molecule has 1 saturated heterocycles. The Labute approximate surface area is 153 Å². The van der Waals surface area contributed by atoms with Crippen LogP contribution in [0.1, 0.15) is 26.3 Å². The van der Waals surface area contributed by atoms with Crippen LogP contribution in [0.2, 0.25) is 0 Å². The molecule has 0 saturated carbocycles. The first-order valence-corrected chi connectivity index (χ1v) is 8.63. The highest BCUT2D eigenvalue weighted by Crippen LogP contribution is 2.55. The van der Waals surface area contributed by atoms with Gasteiger partial charge in [-0.15, -0.1) is 6.58 Å². The number of hydrogen-bond acceptors (Lipinski definition) is 5. The van der Waals surface area contributed by atoms with Crippen molar-refractivity contribution >= 4 is 27.7 Å². The standard InChI is InChI=1S/C17H19BrN2O5/c1-5-10-9-24-14-17(10,20(22)23)12-8-11(18)6-7-13(12)19(14)15(21)25-16(2,3)4/h5-8,10,14H,1,9H2,2-4H3/t10-,14-,17+/m1/s1. The Balaban J connectivity index is 2.20. The minimum absolute atomic E-state index is 0.112. The van der Waals surface area contributed by atoms with E-state index >= 15 is 0 Å². The molecule has 2 aliphatic rings. The Kier molecular flexibility index (Phi) is 4.15. The number of amides is 1. The normalized spacial score (nSPS) is 27.6. The Morgan fingerprint density at radius 2 is 2.24 bits per heavy atom. The van der Waals surface area contributed by atoms with Gasteiger partial charge in [-0.1, -0.05) is 22.0 Å². The minimum Gasteiger partial charge on any atom is -0.443 e. The third-order valence-electron chi connectivity index (χ3n) is 4.44. The Morgan fingerprint density at radius 1 is 1.56 bits per heavy atom. The molecule has 1 fully saturated rings. The number of nitrogens with zero attached hydrogens (tertiary/aromatic N) is 2. The van der Waals surface area contributed by atoms with Gasteiger partial charge in [0.15, 0.2) is 0 Å². The summed E-state index contributed by atoms with van der Waals surface area (Å²) in [6.45, 7) is 9.06. The number of benzene rings is 1. The van der Waals surface area contributed by atoms with Crippen LogP contribution in [0.3, 0.4) is 0 Å². The molecule has 1 aromatic carbocycles. The monoisotopic (exact) mass is 410 g/mol. The van der Waals surface area contributed by atoms with Gasteiger partial charge >= 0.3 is 11.6 Å². The van der Waals surface area contributed by atoms with Crippen LogP contribution in [0.4, 0.5) is 10.5 Å². The zero-order valence-electron chi connectivity index (χ0n) is 14.2. The molecule has 0 bridgehead atoms. The van der Waals surface area contributed by atoms with E-state index in [0.717, 1.165) is 0 Å². The summed E-state index contributed by atoms with van der Waals surface area (Å²) in [5.74, 6) is -0.562. The predicted molar refractivity (Wildman–Crippen MR) is 95.0 cm³/mol. The van der Waals surface area contributed by atoms with Crippen molar-refractivity contribution in [2.75, 3.05) is 11.5 Å².